The highest BCUT2D eigenvalue weighted by Crippen LogP contribution is 2.30. The number of carbonyl (C=O) groups is 1. The van der Waals surface area contributed by atoms with Crippen molar-refractivity contribution in [1.29, 1.82) is 0 Å². The Hall–Kier alpha value is -1.77. The molecule has 0 bridgehead atoms. The van der Waals surface area contributed by atoms with Gasteiger partial charge >= 0.3 is 0 Å². The minimum Gasteiger partial charge on any atom is -0.326 e. The molecule has 0 fully saturated rings. The molecule has 0 saturated carbocycles. The molecule has 1 aliphatic heterocycles. The van der Waals surface area contributed by atoms with E-state index < -0.39 is 15.8 Å². The average molecular weight is 368 g/mol. The van der Waals surface area contributed by atoms with E-state index in [0.717, 1.165) is 20.8 Å². The number of nitrogens with one attached hydrogen (secondary N) is 1. The van der Waals surface area contributed by atoms with Crippen molar-refractivity contribution in [2.75, 3.05) is 12.4 Å². The van der Waals surface area contributed by atoms with Crippen molar-refractivity contribution < 1.29 is 17.6 Å². The lowest BCUT2D eigenvalue weighted by Gasteiger charge is -2.21. The maximum absolute atomic E-state index is 14.4. The predicted molar refractivity (Wildman–Crippen MR) is 91.1 cm³/mol. The Morgan fingerprint density at radius 1 is 1.33 bits per heavy atom. The lowest BCUT2D eigenvalue weighted by molar-refractivity contribution is -0.116. The number of aryl methyl sites for hydroxylation is 2. The standard InChI is InChI=1S/C16H17FN2O3S2/c1-10-5-6-23-14(10)9-19(2)24(21,22)15-7-11-3-4-16(20)18-13(11)8-12(15)17/h5-8H,3-4,9H2,1-2H3,(H,18,20). The van der Waals surface area contributed by atoms with Crippen LogP contribution in [0.15, 0.2) is 28.5 Å². The highest BCUT2D eigenvalue weighted by atomic mass is 32.2. The van der Waals surface area contributed by atoms with Gasteiger partial charge in [-0.25, -0.2) is 12.8 Å². The van der Waals surface area contributed by atoms with E-state index in [2.05, 4.69) is 5.32 Å². The van der Waals surface area contributed by atoms with Crippen LogP contribution in [0.5, 0.6) is 0 Å². The van der Waals surface area contributed by atoms with Gasteiger partial charge in [0.15, 0.2) is 0 Å². The highest BCUT2D eigenvalue weighted by Gasteiger charge is 2.28. The summed E-state index contributed by atoms with van der Waals surface area (Å²) in [6.45, 7) is 2.10. The number of rotatable bonds is 4. The maximum atomic E-state index is 14.4. The molecule has 0 unspecified atom stereocenters. The summed E-state index contributed by atoms with van der Waals surface area (Å²) < 4.78 is 41.0. The van der Waals surface area contributed by atoms with Gasteiger partial charge in [0.05, 0.1) is 0 Å². The molecule has 128 valence electrons. The number of benzene rings is 1. The number of hydrogen-bond acceptors (Lipinski definition) is 4. The van der Waals surface area contributed by atoms with Crippen LogP contribution >= 0.6 is 11.3 Å². The van der Waals surface area contributed by atoms with Crippen molar-refractivity contribution in [3.63, 3.8) is 0 Å². The average Bonchev–Trinajstić information content (AvgIpc) is 2.91. The van der Waals surface area contributed by atoms with E-state index in [4.69, 9.17) is 0 Å². The van der Waals surface area contributed by atoms with Gasteiger partial charge in [-0.3, -0.25) is 4.79 Å². The number of fused-ring (bicyclic) bond motifs is 1. The van der Waals surface area contributed by atoms with Gasteiger partial charge in [0.2, 0.25) is 15.9 Å². The Morgan fingerprint density at radius 2 is 2.08 bits per heavy atom. The normalized spacial score (nSPS) is 14.6. The second kappa shape index (κ2) is 6.27. The zero-order chi connectivity index (χ0) is 17.5. The zero-order valence-corrected chi connectivity index (χ0v) is 14.9. The second-order valence-electron chi connectivity index (χ2n) is 5.78. The first kappa shape index (κ1) is 17.1. The Labute approximate surface area is 144 Å². The zero-order valence-electron chi connectivity index (χ0n) is 13.3. The molecule has 0 saturated heterocycles. The van der Waals surface area contributed by atoms with Gasteiger partial charge in [0, 0.05) is 30.6 Å². The number of amides is 1. The number of carbonyl (C=O) groups excluding carboxylic acids is 1. The van der Waals surface area contributed by atoms with Gasteiger partial charge in [0.1, 0.15) is 10.7 Å². The fourth-order valence-electron chi connectivity index (χ4n) is 2.60. The molecule has 24 heavy (non-hydrogen) atoms. The van der Waals surface area contributed by atoms with Crippen LogP contribution < -0.4 is 5.32 Å². The molecule has 2 aromatic rings. The quantitative estimate of drug-likeness (QED) is 0.902. The summed E-state index contributed by atoms with van der Waals surface area (Å²) >= 11 is 1.47. The Balaban J connectivity index is 1.95. The summed E-state index contributed by atoms with van der Waals surface area (Å²) in [5.74, 6) is -1.05. The van der Waals surface area contributed by atoms with Crippen molar-refractivity contribution in [2.24, 2.45) is 0 Å². The van der Waals surface area contributed by atoms with E-state index in [9.17, 15) is 17.6 Å². The number of anilines is 1. The molecule has 8 heteroatoms. The number of thiophene rings is 1. The summed E-state index contributed by atoms with van der Waals surface area (Å²) in [4.78, 5) is 11.9. The minimum absolute atomic E-state index is 0.192. The number of halogens is 1. The fraction of sp³-hybridized carbons (Fsp3) is 0.312. The van der Waals surface area contributed by atoms with E-state index in [1.807, 2.05) is 18.4 Å². The minimum atomic E-state index is -3.96. The van der Waals surface area contributed by atoms with Gasteiger partial charge in [-0.15, -0.1) is 11.3 Å². The molecule has 1 aliphatic rings. The van der Waals surface area contributed by atoms with Crippen LogP contribution in [0.4, 0.5) is 10.1 Å². The molecule has 0 radical (unpaired) electrons. The second-order valence-corrected chi connectivity index (χ2v) is 8.79. The van der Waals surface area contributed by atoms with Crippen molar-refractivity contribution in [3.8, 4) is 0 Å². The van der Waals surface area contributed by atoms with Crippen LogP contribution in [-0.4, -0.2) is 25.7 Å². The Bertz CT molecular complexity index is 906. The first-order chi connectivity index (χ1) is 11.3. The molecule has 3 rings (SSSR count). The van der Waals surface area contributed by atoms with E-state index in [1.165, 1.54) is 24.5 Å². The summed E-state index contributed by atoms with van der Waals surface area (Å²) in [5, 5.41) is 4.46. The largest absolute Gasteiger partial charge is 0.326 e. The van der Waals surface area contributed by atoms with Crippen LogP contribution in [-0.2, 0) is 27.8 Å². The van der Waals surface area contributed by atoms with Crippen molar-refractivity contribution in [1.82, 2.24) is 4.31 Å². The van der Waals surface area contributed by atoms with Crippen molar-refractivity contribution in [2.45, 2.75) is 31.2 Å². The van der Waals surface area contributed by atoms with Gasteiger partial charge in [0.25, 0.3) is 0 Å². The van der Waals surface area contributed by atoms with Crippen LogP contribution in [0.1, 0.15) is 22.4 Å². The summed E-state index contributed by atoms with van der Waals surface area (Å²) in [6.07, 6.45) is 0.667. The molecule has 5 nitrogen and oxygen atoms in total. The Morgan fingerprint density at radius 3 is 2.75 bits per heavy atom. The monoisotopic (exact) mass is 368 g/mol. The summed E-state index contributed by atoms with van der Waals surface area (Å²) in [7, 11) is -2.52. The SMILES string of the molecule is Cc1ccsc1CN(C)S(=O)(=O)c1cc2c(cc1F)NC(=O)CC2. The van der Waals surface area contributed by atoms with Gasteiger partial charge in [-0.05, 0) is 48.1 Å². The van der Waals surface area contributed by atoms with Gasteiger partial charge in [-0.1, -0.05) is 0 Å². The van der Waals surface area contributed by atoms with Crippen molar-refractivity contribution in [3.05, 3.63) is 45.4 Å². The van der Waals surface area contributed by atoms with E-state index in [0.29, 0.717) is 17.7 Å². The lowest BCUT2D eigenvalue weighted by Crippen LogP contribution is -2.28. The molecule has 1 aromatic heterocycles. The molecule has 1 aromatic carbocycles. The number of hydrogen-bond donors (Lipinski definition) is 1. The summed E-state index contributed by atoms with van der Waals surface area (Å²) in [6, 6.07) is 4.34. The highest BCUT2D eigenvalue weighted by molar-refractivity contribution is 7.89. The Kier molecular flexibility index (Phi) is 4.46. The van der Waals surface area contributed by atoms with E-state index in [-0.39, 0.29) is 23.8 Å². The first-order valence-electron chi connectivity index (χ1n) is 7.40. The van der Waals surface area contributed by atoms with E-state index >= 15 is 0 Å². The summed E-state index contributed by atoms with van der Waals surface area (Å²) in [5.41, 5.74) is 1.99. The third kappa shape index (κ3) is 3.09. The topological polar surface area (TPSA) is 66.5 Å². The lowest BCUT2D eigenvalue weighted by atomic mass is 10.0. The van der Waals surface area contributed by atoms with Crippen LogP contribution in [0, 0.1) is 12.7 Å². The van der Waals surface area contributed by atoms with Crippen LogP contribution in [0.2, 0.25) is 0 Å². The molecule has 1 amide bonds. The van der Waals surface area contributed by atoms with Gasteiger partial charge < -0.3 is 5.32 Å². The number of sulfonamides is 1. The fourth-order valence-corrected chi connectivity index (χ4v) is 4.87. The molecule has 0 aliphatic carbocycles. The molecule has 2 heterocycles. The van der Waals surface area contributed by atoms with Gasteiger partial charge in [-0.2, -0.15) is 4.31 Å². The predicted octanol–water partition coefficient (Wildman–Crippen LogP) is 2.90. The third-order valence-corrected chi connectivity index (χ3v) is 6.90. The van der Waals surface area contributed by atoms with Crippen LogP contribution in [0.25, 0.3) is 0 Å². The van der Waals surface area contributed by atoms with Crippen molar-refractivity contribution >= 4 is 33.0 Å². The first-order valence-corrected chi connectivity index (χ1v) is 9.72. The number of nitrogens with zero attached hydrogens (tertiary/aromatic N) is 1. The third-order valence-electron chi connectivity index (χ3n) is 4.08. The van der Waals surface area contributed by atoms with E-state index in [1.54, 1.807) is 0 Å². The van der Waals surface area contributed by atoms with Crippen LogP contribution in [0.3, 0.4) is 0 Å². The molecule has 1 N–H and O–H groups in total. The molecule has 0 atom stereocenters. The molecular weight excluding hydrogens is 351 g/mol. The smallest absolute Gasteiger partial charge is 0.246 e. The maximum Gasteiger partial charge on any atom is 0.246 e. The molecular formula is C16H17FN2O3S2. The molecule has 0 spiro atoms.